The van der Waals surface area contributed by atoms with Gasteiger partial charge in [-0.05, 0) is 31.2 Å². The fraction of sp³-hybridized carbons (Fsp3) is 0.0667. The van der Waals surface area contributed by atoms with Gasteiger partial charge >= 0.3 is 0 Å². The summed E-state index contributed by atoms with van der Waals surface area (Å²) in [6.45, 7) is 2.05. The van der Waals surface area contributed by atoms with Crippen molar-refractivity contribution < 1.29 is 4.79 Å². The van der Waals surface area contributed by atoms with Crippen molar-refractivity contribution in [3.05, 3.63) is 53.9 Å². The number of amides is 1. The Morgan fingerprint density at radius 3 is 2.89 bits per heavy atom. The summed E-state index contributed by atoms with van der Waals surface area (Å²) in [4.78, 5) is 18.7. The van der Waals surface area contributed by atoms with Gasteiger partial charge in [-0.15, -0.1) is 0 Å². The van der Waals surface area contributed by atoms with Crippen LogP contribution in [0.2, 0.25) is 0 Å². The second kappa shape index (κ2) is 4.24. The van der Waals surface area contributed by atoms with Gasteiger partial charge in [-0.3, -0.25) is 9.78 Å². The van der Waals surface area contributed by atoms with Crippen LogP contribution in [0, 0.1) is 6.92 Å². The lowest BCUT2D eigenvalue weighted by molar-refractivity contribution is 0.1000. The Kier molecular flexibility index (Phi) is 2.56. The molecule has 4 nitrogen and oxygen atoms in total. The highest BCUT2D eigenvalue weighted by atomic mass is 16.1. The number of aryl methyl sites for hydroxylation is 1. The number of benzene rings is 1. The third kappa shape index (κ3) is 1.97. The maximum Gasteiger partial charge on any atom is 0.248 e. The van der Waals surface area contributed by atoms with E-state index >= 15 is 0 Å². The summed E-state index contributed by atoms with van der Waals surface area (Å²) in [5, 5.41) is 1.09. The van der Waals surface area contributed by atoms with Crippen molar-refractivity contribution in [3.8, 4) is 11.3 Å². The molecule has 0 fully saturated rings. The van der Waals surface area contributed by atoms with E-state index in [0.29, 0.717) is 5.56 Å². The van der Waals surface area contributed by atoms with Crippen molar-refractivity contribution in [1.29, 1.82) is 0 Å². The van der Waals surface area contributed by atoms with Gasteiger partial charge in [0, 0.05) is 34.4 Å². The first-order chi connectivity index (χ1) is 9.15. The number of fused-ring (bicyclic) bond motifs is 1. The number of aromatic amines is 1. The number of pyridine rings is 1. The Labute approximate surface area is 110 Å². The largest absolute Gasteiger partial charge is 0.366 e. The lowest BCUT2D eigenvalue weighted by Crippen LogP contribution is -2.10. The van der Waals surface area contributed by atoms with Gasteiger partial charge in [0.1, 0.15) is 0 Å². The molecule has 1 aromatic carbocycles. The number of nitrogens with zero attached hydrogens (tertiary/aromatic N) is 1. The van der Waals surface area contributed by atoms with E-state index in [0.717, 1.165) is 22.2 Å². The predicted molar refractivity (Wildman–Crippen MR) is 74.8 cm³/mol. The van der Waals surface area contributed by atoms with Gasteiger partial charge in [-0.2, -0.15) is 0 Å². The number of hydrogen-bond donors (Lipinski definition) is 2. The van der Waals surface area contributed by atoms with Crippen molar-refractivity contribution in [2.45, 2.75) is 6.92 Å². The lowest BCUT2D eigenvalue weighted by Gasteiger charge is -2.01. The SMILES string of the molecule is Cc1ccc2[nH]cc(-c3cc(C(N)=O)ccn3)c2c1. The average molecular weight is 251 g/mol. The number of H-pyrrole nitrogens is 1. The monoisotopic (exact) mass is 251 g/mol. The highest BCUT2D eigenvalue weighted by Gasteiger charge is 2.09. The fourth-order valence-corrected chi connectivity index (χ4v) is 2.18. The summed E-state index contributed by atoms with van der Waals surface area (Å²) in [5.41, 5.74) is 9.71. The Hall–Kier alpha value is -2.62. The van der Waals surface area contributed by atoms with Crippen LogP contribution in [0.15, 0.2) is 42.7 Å². The molecule has 1 amide bonds. The van der Waals surface area contributed by atoms with Gasteiger partial charge in [0.25, 0.3) is 0 Å². The van der Waals surface area contributed by atoms with E-state index in [4.69, 9.17) is 5.73 Å². The molecule has 0 spiro atoms. The molecule has 3 N–H and O–H groups in total. The summed E-state index contributed by atoms with van der Waals surface area (Å²) in [7, 11) is 0. The maximum absolute atomic E-state index is 11.2. The molecule has 2 heterocycles. The van der Waals surface area contributed by atoms with Crippen LogP contribution in [0.3, 0.4) is 0 Å². The number of nitrogens with two attached hydrogens (primary N) is 1. The van der Waals surface area contributed by atoms with Crippen LogP contribution in [0.4, 0.5) is 0 Å². The van der Waals surface area contributed by atoms with Gasteiger partial charge in [0.15, 0.2) is 0 Å². The number of nitrogens with one attached hydrogen (secondary N) is 1. The van der Waals surface area contributed by atoms with Gasteiger partial charge in [-0.25, -0.2) is 0 Å². The van der Waals surface area contributed by atoms with E-state index in [-0.39, 0.29) is 0 Å². The van der Waals surface area contributed by atoms with E-state index in [2.05, 4.69) is 22.1 Å². The van der Waals surface area contributed by atoms with Crippen LogP contribution in [0.25, 0.3) is 22.2 Å². The first-order valence-corrected chi connectivity index (χ1v) is 5.99. The Morgan fingerprint density at radius 2 is 2.11 bits per heavy atom. The highest BCUT2D eigenvalue weighted by molar-refractivity contribution is 5.97. The van der Waals surface area contributed by atoms with Gasteiger partial charge in [-0.1, -0.05) is 11.6 Å². The van der Waals surface area contributed by atoms with E-state index < -0.39 is 5.91 Å². The standard InChI is InChI=1S/C15H13N3O/c1-9-2-3-13-11(6-9)12(8-18-13)14-7-10(15(16)19)4-5-17-14/h2-8,18H,1H3,(H2,16,19). The fourth-order valence-electron chi connectivity index (χ4n) is 2.18. The van der Waals surface area contributed by atoms with Gasteiger partial charge < -0.3 is 10.7 Å². The molecule has 0 unspecified atom stereocenters. The molecule has 19 heavy (non-hydrogen) atoms. The summed E-state index contributed by atoms with van der Waals surface area (Å²) in [5.74, 6) is -0.445. The zero-order valence-electron chi connectivity index (χ0n) is 10.5. The minimum absolute atomic E-state index is 0.445. The quantitative estimate of drug-likeness (QED) is 0.735. The lowest BCUT2D eigenvalue weighted by atomic mass is 10.1. The number of carbonyl (C=O) groups is 1. The number of aromatic nitrogens is 2. The molecule has 0 radical (unpaired) electrons. The molecule has 3 rings (SSSR count). The molecular weight excluding hydrogens is 238 g/mol. The molecule has 0 aliphatic carbocycles. The minimum atomic E-state index is -0.445. The Morgan fingerprint density at radius 1 is 1.26 bits per heavy atom. The van der Waals surface area contributed by atoms with Crippen molar-refractivity contribution in [2.75, 3.05) is 0 Å². The summed E-state index contributed by atoms with van der Waals surface area (Å²) < 4.78 is 0. The molecule has 3 aromatic rings. The first kappa shape index (κ1) is 11.5. The van der Waals surface area contributed by atoms with Crippen LogP contribution < -0.4 is 5.73 Å². The summed E-state index contributed by atoms with van der Waals surface area (Å²) in [6.07, 6.45) is 3.50. The Bertz CT molecular complexity index is 774. The normalized spacial score (nSPS) is 10.8. The molecule has 2 aromatic heterocycles. The highest BCUT2D eigenvalue weighted by Crippen LogP contribution is 2.28. The molecular formula is C15H13N3O. The van der Waals surface area contributed by atoms with Crippen LogP contribution in [0.1, 0.15) is 15.9 Å². The minimum Gasteiger partial charge on any atom is -0.366 e. The molecule has 4 heteroatoms. The number of primary amides is 1. The topological polar surface area (TPSA) is 71.8 Å². The van der Waals surface area contributed by atoms with Crippen molar-refractivity contribution in [3.63, 3.8) is 0 Å². The zero-order valence-corrected chi connectivity index (χ0v) is 10.5. The first-order valence-electron chi connectivity index (χ1n) is 5.99. The molecule has 0 bridgehead atoms. The van der Waals surface area contributed by atoms with E-state index in [1.165, 1.54) is 5.56 Å². The molecule has 0 atom stereocenters. The van der Waals surface area contributed by atoms with Crippen molar-refractivity contribution in [1.82, 2.24) is 9.97 Å². The maximum atomic E-state index is 11.2. The smallest absolute Gasteiger partial charge is 0.248 e. The third-order valence-corrected chi connectivity index (χ3v) is 3.16. The molecule has 0 saturated carbocycles. The van der Waals surface area contributed by atoms with Crippen LogP contribution >= 0.6 is 0 Å². The van der Waals surface area contributed by atoms with E-state index in [9.17, 15) is 4.79 Å². The van der Waals surface area contributed by atoms with Gasteiger partial charge in [0.05, 0.1) is 5.69 Å². The Balaban J connectivity index is 2.21. The number of hydrogen-bond acceptors (Lipinski definition) is 2. The van der Waals surface area contributed by atoms with Crippen molar-refractivity contribution >= 4 is 16.8 Å². The van der Waals surface area contributed by atoms with Crippen LogP contribution in [-0.4, -0.2) is 15.9 Å². The summed E-state index contributed by atoms with van der Waals surface area (Å²) in [6, 6.07) is 9.51. The second-order valence-corrected chi connectivity index (χ2v) is 4.55. The predicted octanol–water partition coefficient (Wildman–Crippen LogP) is 2.64. The van der Waals surface area contributed by atoms with E-state index in [1.54, 1.807) is 18.3 Å². The van der Waals surface area contributed by atoms with Crippen LogP contribution in [0.5, 0.6) is 0 Å². The number of rotatable bonds is 2. The average Bonchev–Trinajstić information content (AvgIpc) is 2.81. The molecule has 0 aliphatic heterocycles. The number of carbonyl (C=O) groups excluding carboxylic acids is 1. The summed E-state index contributed by atoms with van der Waals surface area (Å²) >= 11 is 0. The van der Waals surface area contributed by atoms with Crippen LogP contribution in [-0.2, 0) is 0 Å². The van der Waals surface area contributed by atoms with E-state index in [1.807, 2.05) is 19.2 Å². The molecule has 94 valence electrons. The molecule has 0 aliphatic rings. The second-order valence-electron chi connectivity index (χ2n) is 4.55. The third-order valence-electron chi connectivity index (χ3n) is 3.16. The van der Waals surface area contributed by atoms with Gasteiger partial charge in [0.2, 0.25) is 5.91 Å². The zero-order chi connectivity index (χ0) is 13.4. The molecule has 0 saturated heterocycles. The van der Waals surface area contributed by atoms with Crippen molar-refractivity contribution in [2.24, 2.45) is 5.73 Å².